The molecule has 6 rings (SSSR count). The number of carbonyl (C=O) groups excluding carboxylic acids is 2. The SMILES string of the molecule is CCCOc1ccc(/C(O)=C2\C(=O)C(=O)N(c3nc4ccc(OC)cc4s3)C2c2ccc(OCc3ccccc3)c(OC)c2)cc1. The van der Waals surface area contributed by atoms with Gasteiger partial charge in [-0.1, -0.05) is 54.7 Å². The highest BCUT2D eigenvalue weighted by Crippen LogP contribution is 2.46. The van der Waals surface area contributed by atoms with Crippen LogP contribution in [0.25, 0.3) is 16.0 Å². The molecule has 9 nitrogen and oxygen atoms in total. The number of methoxy groups -OCH3 is 2. The third kappa shape index (κ3) is 5.99. The van der Waals surface area contributed by atoms with Crippen LogP contribution in [0.4, 0.5) is 5.13 Å². The van der Waals surface area contributed by atoms with E-state index in [9.17, 15) is 14.7 Å². The fourth-order valence-corrected chi connectivity index (χ4v) is 6.28. The smallest absolute Gasteiger partial charge is 0.301 e. The van der Waals surface area contributed by atoms with Crippen molar-refractivity contribution in [1.82, 2.24) is 4.98 Å². The van der Waals surface area contributed by atoms with E-state index in [0.29, 0.717) is 58.0 Å². The highest BCUT2D eigenvalue weighted by Gasteiger charge is 2.48. The van der Waals surface area contributed by atoms with Crippen LogP contribution in [0.3, 0.4) is 0 Å². The molecule has 1 N–H and O–H groups in total. The summed E-state index contributed by atoms with van der Waals surface area (Å²) < 4.78 is 23.6. The van der Waals surface area contributed by atoms with Crippen molar-refractivity contribution in [2.75, 3.05) is 25.7 Å². The minimum absolute atomic E-state index is 0.0657. The van der Waals surface area contributed by atoms with E-state index in [1.165, 1.54) is 23.3 Å². The molecule has 0 saturated carbocycles. The lowest BCUT2D eigenvalue weighted by molar-refractivity contribution is -0.132. The second-order valence-electron chi connectivity index (χ2n) is 10.6. The molecule has 10 heteroatoms. The van der Waals surface area contributed by atoms with Crippen LogP contribution in [0.5, 0.6) is 23.0 Å². The van der Waals surface area contributed by atoms with Crippen molar-refractivity contribution in [1.29, 1.82) is 0 Å². The summed E-state index contributed by atoms with van der Waals surface area (Å²) in [7, 11) is 3.10. The number of aliphatic hydroxyl groups excluding tert-OH is 1. The van der Waals surface area contributed by atoms with E-state index in [4.69, 9.17) is 23.9 Å². The fraction of sp³-hybridized carbons (Fsp3) is 0.194. The minimum Gasteiger partial charge on any atom is -0.507 e. The van der Waals surface area contributed by atoms with Gasteiger partial charge >= 0.3 is 5.91 Å². The van der Waals surface area contributed by atoms with Crippen molar-refractivity contribution < 1.29 is 33.6 Å². The van der Waals surface area contributed by atoms with Crippen molar-refractivity contribution in [2.45, 2.75) is 26.0 Å². The Hall–Kier alpha value is -5.35. The van der Waals surface area contributed by atoms with E-state index in [1.54, 1.807) is 61.7 Å². The van der Waals surface area contributed by atoms with Crippen LogP contribution >= 0.6 is 11.3 Å². The molecule has 1 saturated heterocycles. The summed E-state index contributed by atoms with van der Waals surface area (Å²) >= 11 is 1.25. The van der Waals surface area contributed by atoms with Gasteiger partial charge in [0.1, 0.15) is 23.9 Å². The molecule has 0 bridgehead atoms. The lowest BCUT2D eigenvalue weighted by Gasteiger charge is -2.24. The molecule has 234 valence electrons. The largest absolute Gasteiger partial charge is 0.507 e. The summed E-state index contributed by atoms with van der Waals surface area (Å²) in [5.41, 5.74) is 2.47. The number of fused-ring (bicyclic) bond motifs is 1. The molecule has 2 heterocycles. The standard InChI is InChI=1S/C36H32N2O7S/c1-4-18-44-25-13-10-23(11-14-25)33(39)31-32(24-12-17-28(29(19-24)43-3)45-21-22-8-6-5-7-9-22)38(35(41)34(31)40)36-37-27-16-15-26(42-2)20-30(27)46-36/h5-17,19-20,32,39H,4,18,21H2,1-3H3/b33-31+. The summed E-state index contributed by atoms with van der Waals surface area (Å²) in [5.74, 6) is 0.240. The van der Waals surface area contributed by atoms with Gasteiger partial charge < -0.3 is 24.1 Å². The molecular formula is C36H32N2O7S. The molecule has 1 amide bonds. The Morgan fingerprint density at radius 1 is 0.870 bits per heavy atom. The lowest BCUT2D eigenvalue weighted by Crippen LogP contribution is -2.29. The average Bonchev–Trinajstić information content (AvgIpc) is 3.63. The zero-order chi connectivity index (χ0) is 32.2. The molecule has 46 heavy (non-hydrogen) atoms. The second kappa shape index (κ2) is 13.3. The maximum atomic E-state index is 13.8. The third-order valence-electron chi connectivity index (χ3n) is 7.58. The quantitative estimate of drug-likeness (QED) is 0.0914. The monoisotopic (exact) mass is 636 g/mol. The molecule has 1 aliphatic heterocycles. The summed E-state index contributed by atoms with van der Waals surface area (Å²) in [6.07, 6.45) is 0.850. The first kappa shape index (κ1) is 30.7. The van der Waals surface area contributed by atoms with Gasteiger partial charge in [-0.05, 0) is 72.1 Å². The fourth-order valence-electron chi connectivity index (χ4n) is 5.26. The number of rotatable bonds is 11. The van der Waals surface area contributed by atoms with Gasteiger partial charge in [0.15, 0.2) is 16.6 Å². The molecule has 1 unspecified atom stereocenters. The highest BCUT2D eigenvalue weighted by atomic mass is 32.1. The summed E-state index contributed by atoms with van der Waals surface area (Å²) in [6.45, 7) is 2.89. The molecule has 4 aromatic carbocycles. The predicted octanol–water partition coefficient (Wildman–Crippen LogP) is 7.31. The average molecular weight is 637 g/mol. The Kier molecular flexibility index (Phi) is 8.89. The number of anilines is 1. The Morgan fingerprint density at radius 2 is 1.63 bits per heavy atom. The lowest BCUT2D eigenvalue weighted by atomic mass is 9.95. The molecule has 1 aliphatic rings. The van der Waals surface area contributed by atoms with Gasteiger partial charge in [0.2, 0.25) is 0 Å². The van der Waals surface area contributed by atoms with E-state index < -0.39 is 17.7 Å². The summed E-state index contributed by atoms with van der Waals surface area (Å²) in [5, 5.41) is 11.9. The van der Waals surface area contributed by atoms with Gasteiger partial charge in [0.05, 0.1) is 42.7 Å². The van der Waals surface area contributed by atoms with Gasteiger partial charge in [0.25, 0.3) is 5.78 Å². The number of nitrogens with zero attached hydrogens (tertiary/aromatic N) is 2. The van der Waals surface area contributed by atoms with Crippen LogP contribution in [0.15, 0.2) is 96.6 Å². The molecule has 0 aliphatic carbocycles. The molecule has 0 spiro atoms. The number of aromatic nitrogens is 1. The molecular weight excluding hydrogens is 604 g/mol. The topological polar surface area (TPSA) is 107 Å². The number of Topliss-reactive ketones (excluding diaryl/α,β-unsaturated/α-hetero) is 1. The van der Waals surface area contributed by atoms with Crippen LogP contribution in [-0.2, 0) is 16.2 Å². The Labute approximate surface area is 270 Å². The van der Waals surface area contributed by atoms with Gasteiger partial charge in [-0.2, -0.15) is 0 Å². The van der Waals surface area contributed by atoms with Crippen molar-refractivity contribution in [3.63, 3.8) is 0 Å². The highest BCUT2D eigenvalue weighted by molar-refractivity contribution is 7.22. The summed E-state index contributed by atoms with van der Waals surface area (Å²) in [6, 6.07) is 26.1. The van der Waals surface area contributed by atoms with Crippen molar-refractivity contribution in [3.8, 4) is 23.0 Å². The number of amides is 1. The number of ketones is 1. The first-order valence-electron chi connectivity index (χ1n) is 14.7. The predicted molar refractivity (Wildman–Crippen MR) is 177 cm³/mol. The maximum absolute atomic E-state index is 13.8. The first-order chi connectivity index (χ1) is 22.4. The first-order valence-corrected chi connectivity index (χ1v) is 15.6. The second-order valence-corrected chi connectivity index (χ2v) is 11.6. The van der Waals surface area contributed by atoms with Crippen molar-refractivity contribution in [3.05, 3.63) is 113 Å². The maximum Gasteiger partial charge on any atom is 0.301 e. The number of carbonyl (C=O) groups is 2. The van der Waals surface area contributed by atoms with Gasteiger partial charge in [-0.15, -0.1) is 0 Å². The van der Waals surface area contributed by atoms with Crippen LogP contribution in [-0.4, -0.2) is 42.6 Å². The zero-order valence-electron chi connectivity index (χ0n) is 25.6. The van der Waals surface area contributed by atoms with E-state index in [1.807, 2.05) is 43.3 Å². The molecule has 5 aromatic rings. The minimum atomic E-state index is -1.00. The number of aliphatic hydroxyl groups is 1. The van der Waals surface area contributed by atoms with Crippen LogP contribution in [0, 0.1) is 0 Å². The Morgan fingerprint density at radius 3 is 2.35 bits per heavy atom. The van der Waals surface area contributed by atoms with Gasteiger partial charge in [-0.25, -0.2) is 4.98 Å². The molecule has 1 atom stereocenters. The number of thiazole rings is 1. The van der Waals surface area contributed by atoms with Crippen molar-refractivity contribution in [2.24, 2.45) is 0 Å². The number of benzene rings is 4. The van der Waals surface area contributed by atoms with Crippen molar-refractivity contribution >= 4 is 44.1 Å². The molecule has 0 radical (unpaired) electrons. The molecule has 1 aromatic heterocycles. The molecule has 1 fully saturated rings. The normalized spacial score (nSPS) is 15.7. The van der Waals surface area contributed by atoms with Crippen LogP contribution < -0.4 is 23.8 Å². The van der Waals surface area contributed by atoms with E-state index in [2.05, 4.69) is 0 Å². The van der Waals surface area contributed by atoms with Gasteiger partial charge in [-0.3, -0.25) is 14.5 Å². The van der Waals surface area contributed by atoms with E-state index >= 15 is 0 Å². The summed E-state index contributed by atoms with van der Waals surface area (Å²) in [4.78, 5) is 33.6. The van der Waals surface area contributed by atoms with Crippen LogP contribution in [0.2, 0.25) is 0 Å². The van der Waals surface area contributed by atoms with E-state index in [0.717, 1.165) is 16.7 Å². The Balaban J connectivity index is 1.45. The third-order valence-corrected chi connectivity index (χ3v) is 8.59. The number of ether oxygens (including phenoxy) is 4. The van der Waals surface area contributed by atoms with Gasteiger partial charge in [0, 0.05) is 5.56 Å². The number of hydrogen-bond donors (Lipinski definition) is 1. The van der Waals surface area contributed by atoms with E-state index in [-0.39, 0.29) is 11.3 Å². The van der Waals surface area contributed by atoms with Crippen LogP contribution in [0.1, 0.15) is 36.1 Å². The number of hydrogen-bond acceptors (Lipinski definition) is 9. The Bertz CT molecular complexity index is 1920. The zero-order valence-corrected chi connectivity index (χ0v) is 26.4.